The highest BCUT2D eigenvalue weighted by Crippen LogP contribution is 2.23. The maximum atomic E-state index is 11.6. The molecule has 1 aliphatic heterocycles. The molecule has 1 aromatic carbocycles. The van der Waals surface area contributed by atoms with Crippen LogP contribution in [0, 0.1) is 0 Å². The number of sulfone groups is 1. The van der Waals surface area contributed by atoms with Gasteiger partial charge in [-0.15, -0.1) is 5.10 Å². The van der Waals surface area contributed by atoms with Gasteiger partial charge < -0.3 is 5.32 Å². The van der Waals surface area contributed by atoms with Gasteiger partial charge in [0, 0.05) is 33.6 Å². The topological polar surface area (TPSA) is 93.4 Å². The Bertz CT molecular complexity index is 1090. The monoisotopic (exact) mass is 404 g/mol. The number of benzene rings is 1. The Labute approximate surface area is 160 Å². The van der Waals surface area contributed by atoms with Gasteiger partial charge in [-0.2, -0.15) is 0 Å². The molecule has 1 unspecified atom stereocenters. The van der Waals surface area contributed by atoms with Crippen LogP contribution >= 0.6 is 0 Å². The van der Waals surface area contributed by atoms with Crippen molar-refractivity contribution in [2.24, 2.45) is 0 Å². The SMILES string of the molecule is CS(=O)c1ccc(-c2cnc3ccc(NC4CCS(=O)(=O)CC4)nn23)cc1. The predicted molar refractivity (Wildman–Crippen MR) is 106 cm³/mol. The summed E-state index contributed by atoms with van der Waals surface area (Å²) in [4.78, 5) is 5.17. The molecule has 0 amide bonds. The third-order valence-electron chi connectivity index (χ3n) is 4.75. The Morgan fingerprint density at radius 3 is 2.48 bits per heavy atom. The van der Waals surface area contributed by atoms with Gasteiger partial charge in [-0.05, 0) is 37.1 Å². The summed E-state index contributed by atoms with van der Waals surface area (Å²) >= 11 is 0. The summed E-state index contributed by atoms with van der Waals surface area (Å²) in [6.45, 7) is 0. The van der Waals surface area contributed by atoms with Gasteiger partial charge in [0.25, 0.3) is 0 Å². The van der Waals surface area contributed by atoms with Crippen molar-refractivity contribution in [2.75, 3.05) is 23.1 Å². The molecule has 1 aliphatic rings. The number of aromatic nitrogens is 3. The predicted octanol–water partition coefficient (Wildman–Crippen LogP) is 2.12. The van der Waals surface area contributed by atoms with Crippen molar-refractivity contribution in [3.05, 3.63) is 42.6 Å². The van der Waals surface area contributed by atoms with E-state index in [9.17, 15) is 12.6 Å². The number of fused-ring (bicyclic) bond motifs is 1. The summed E-state index contributed by atoms with van der Waals surface area (Å²) in [5, 5.41) is 7.97. The van der Waals surface area contributed by atoms with Crippen molar-refractivity contribution in [2.45, 2.75) is 23.8 Å². The second kappa shape index (κ2) is 7.05. The largest absolute Gasteiger partial charge is 0.366 e. The van der Waals surface area contributed by atoms with Gasteiger partial charge in [-0.3, -0.25) is 4.21 Å². The van der Waals surface area contributed by atoms with Gasteiger partial charge in [-0.1, -0.05) is 12.1 Å². The van der Waals surface area contributed by atoms with E-state index in [1.54, 1.807) is 17.0 Å². The first-order chi connectivity index (χ1) is 12.9. The average Bonchev–Trinajstić information content (AvgIpc) is 3.07. The van der Waals surface area contributed by atoms with E-state index in [1.165, 1.54) is 0 Å². The van der Waals surface area contributed by atoms with E-state index in [0.29, 0.717) is 18.7 Å². The Morgan fingerprint density at radius 1 is 1.11 bits per heavy atom. The molecule has 7 nitrogen and oxygen atoms in total. The summed E-state index contributed by atoms with van der Waals surface area (Å²) in [6, 6.07) is 11.4. The summed E-state index contributed by atoms with van der Waals surface area (Å²) in [5.41, 5.74) is 2.50. The molecule has 1 N–H and O–H groups in total. The second-order valence-electron chi connectivity index (χ2n) is 6.68. The van der Waals surface area contributed by atoms with Crippen LogP contribution in [0.2, 0.25) is 0 Å². The van der Waals surface area contributed by atoms with Crippen LogP contribution in [0.15, 0.2) is 47.5 Å². The maximum absolute atomic E-state index is 11.6. The minimum atomic E-state index is -2.88. The summed E-state index contributed by atoms with van der Waals surface area (Å²) in [6.07, 6.45) is 4.60. The molecule has 0 radical (unpaired) electrons. The van der Waals surface area contributed by atoms with Crippen molar-refractivity contribution in [3.8, 4) is 11.3 Å². The van der Waals surface area contributed by atoms with Gasteiger partial charge in [0.2, 0.25) is 0 Å². The molecule has 3 aromatic rings. The number of imidazole rings is 1. The molecule has 9 heteroatoms. The highest BCUT2D eigenvalue weighted by Gasteiger charge is 2.23. The highest BCUT2D eigenvalue weighted by molar-refractivity contribution is 7.91. The van der Waals surface area contributed by atoms with Crippen LogP contribution in [0.25, 0.3) is 16.9 Å². The van der Waals surface area contributed by atoms with Crippen LogP contribution < -0.4 is 5.32 Å². The molecule has 4 rings (SSSR count). The van der Waals surface area contributed by atoms with Crippen molar-refractivity contribution < 1.29 is 12.6 Å². The van der Waals surface area contributed by atoms with E-state index < -0.39 is 20.6 Å². The molecule has 3 heterocycles. The van der Waals surface area contributed by atoms with Crippen LogP contribution in [-0.4, -0.2) is 51.0 Å². The van der Waals surface area contributed by atoms with Crippen molar-refractivity contribution >= 4 is 32.1 Å². The minimum absolute atomic E-state index is 0.101. The summed E-state index contributed by atoms with van der Waals surface area (Å²) in [7, 11) is -3.90. The number of hydrogen-bond donors (Lipinski definition) is 1. The van der Waals surface area contributed by atoms with E-state index in [4.69, 9.17) is 0 Å². The van der Waals surface area contributed by atoms with Crippen LogP contribution in [0.4, 0.5) is 5.82 Å². The lowest BCUT2D eigenvalue weighted by Crippen LogP contribution is -2.32. The zero-order chi connectivity index (χ0) is 19.0. The Hall–Kier alpha value is -2.26. The zero-order valence-electron chi connectivity index (χ0n) is 14.8. The standard InChI is InChI=1S/C18H20N4O3S2/c1-26(23)15-4-2-13(3-5-15)16-12-19-18-7-6-17(21-22(16)18)20-14-8-10-27(24,25)11-9-14/h2-7,12,14H,8-11H2,1H3,(H,20,21). The Morgan fingerprint density at radius 2 is 1.81 bits per heavy atom. The minimum Gasteiger partial charge on any atom is -0.366 e. The molecule has 0 saturated carbocycles. The lowest BCUT2D eigenvalue weighted by molar-refractivity contribution is 0.558. The zero-order valence-corrected chi connectivity index (χ0v) is 16.5. The average molecular weight is 405 g/mol. The highest BCUT2D eigenvalue weighted by atomic mass is 32.2. The lowest BCUT2D eigenvalue weighted by Gasteiger charge is -2.23. The van der Waals surface area contributed by atoms with Crippen molar-refractivity contribution in [1.29, 1.82) is 0 Å². The molecular formula is C18H20N4O3S2. The Kier molecular flexibility index (Phi) is 4.73. The van der Waals surface area contributed by atoms with Crippen LogP contribution in [0.5, 0.6) is 0 Å². The lowest BCUT2D eigenvalue weighted by atomic mass is 10.1. The van der Waals surface area contributed by atoms with E-state index in [-0.39, 0.29) is 17.5 Å². The van der Waals surface area contributed by atoms with Gasteiger partial charge in [0.05, 0.1) is 23.4 Å². The summed E-state index contributed by atoms with van der Waals surface area (Å²) in [5.74, 6) is 1.13. The van der Waals surface area contributed by atoms with Crippen LogP contribution in [0.3, 0.4) is 0 Å². The van der Waals surface area contributed by atoms with Gasteiger partial charge >= 0.3 is 0 Å². The molecule has 1 fully saturated rings. The first-order valence-electron chi connectivity index (χ1n) is 8.67. The van der Waals surface area contributed by atoms with Gasteiger partial charge in [0.15, 0.2) is 5.65 Å². The number of anilines is 1. The van der Waals surface area contributed by atoms with E-state index in [0.717, 1.165) is 21.8 Å². The fraction of sp³-hybridized carbons (Fsp3) is 0.333. The summed E-state index contributed by atoms with van der Waals surface area (Å²) < 4.78 is 36.5. The van der Waals surface area contributed by atoms with Gasteiger partial charge in [-0.25, -0.2) is 17.9 Å². The van der Waals surface area contributed by atoms with E-state index in [1.807, 2.05) is 36.4 Å². The second-order valence-corrected chi connectivity index (χ2v) is 10.4. The first-order valence-corrected chi connectivity index (χ1v) is 12.0. The van der Waals surface area contributed by atoms with Crippen molar-refractivity contribution in [1.82, 2.24) is 14.6 Å². The smallest absolute Gasteiger partial charge is 0.154 e. The van der Waals surface area contributed by atoms with Crippen molar-refractivity contribution in [3.63, 3.8) is 0 Å². The van der Waals surface area contributed by atoms with Gasteiger partial charge in [0.1, 0.15) is 15.7 Å². The number of nitrogens with one attached hydrogen (secondary N) is 1. The third-order valence-corrected chi connectivity index (χ3v) is 7.40. The maximum Gasteiger partial charge on any atom is 0.154 e. The number of nitrogens with zero attached hydrogens (tertiary/aromatic N) is 3. The normalized spacial score (nSPS) is 18.4. The van der Waals surface area contributed by atoms with Crippen LogP contribution in [0.1, 0.15) is 12.8 Å². The van der Waals surface area contributed by atoms with E-state index >= 15 is 0 Å². The molecule has 0 bridgehead atoms. The Balaban J connectivity index is 1.60. The molecule has 2 aromatic heterocycles. The molecule has 142 valence electrons. The van der Waals surface area contributed by atoms with Crippen LogP contribution in [-0.2, 0) is 20.6 Å². The molecule has 0 spiro atoms. The molecule has 1 atom stereocenters. The number of rotatable bonds is 4. The fourth-order valence-corrected chi connectivity index (χ4v) is 5.22. The molecule has 0 aliphatic carbocycles. The number of hydrogen-bond acceptors (Lipinski definition) is 6. The third kappa shape index (κ3) is 3.89. The fourth-order valence-electron chi connectivity index (χ4n) is 3.21. The molecule has 27 heavy (non-hydrogen) atoms. The quantitative estimate of drug-likeness (QED) is 0.716. The molecule has 1 saturated heterocycles. The van der Waals surface area contributed by atoms with E-state index in [2.05, 4.69) is 15.4 Å². The first kappa shape index (κ1) is 18.1. The molecular weight excluding hydrogens is 384 g/mol.